The van der Waals surface area contributed by atoms with Gasteiger partial charge in [0.25, 0.3) is 0 Å². The molecule has 0 aliphatic carbocycles. The Bertz CT molecular complexity index is 170. The summed E-state index contributed by atoms with van der Waals surface area (Å²) >= 11 is 0. The predicted octanol–water partition coefficient (Wildman–Crippen LogP) is 3.28. The first-order valence-electron chi connectivity index (χ1n) is 7.79. The molecular formula is C15H32N2. The maximum Gasteiger partial charge on any atom is 0.0107 e. The highest BCUT2D eigenvalue weighted by atomic mass is 15.1. The Morgan fingerprint density at radius 3 is 2.76 bits per heavy atom. The van der Waals surface area contributed by atoms with E-state index in [1.807, 2.05) is 0 Å². The van der Waals surface area contributed by atoms with Crippen molar-refractivity contribution in [3.8, 4) is 0 Å². The Hall–Kier alpha value is -0.0800. The third-order valence-electron chi connectivity index (χ3n) is 3.99. The van der Waals surface area contributed by atoms with E-state index in [2.05, 4.69) is 24.1 Å². The maximum atomic E-state index is 3.58. The van der Waals surface area contributed by atoms with E-state index in [0.29, 0.717) is 0 Å². The Balaban J connectivity index is 1.91. The first kappa shape index (κ1) is 15.0. The highest BCUT2D eigenvalue weighted by Crippen LogP contribution is 2.18. The van der Waals surface area contributed by atoms with Gasteiger partial charge in [0.05, 0.1) is 0 Å². The van der Waals surface area contributed by atoms with Gasteiger partial charge in [-0.05, 0) is 38.3 Å². The number of nitrogens with zero attached hydrogens (tertiary/aromatic N) is 1. The van der Waals surface area contributed by atoms with Crippen LogP contribution in [0.1, 0.15) is 58.8 Å². The summed E-state index contributed by atoms with van der Waals surface area (Å²) in [6.07, 6.45) is 9.71. The van der Waals surface area contributed by atoms with Crippen LogP contribution in [0, 0.1) is 5.92 Å². The summed E-state index contributed by atoms with van der Waals surface area (Å²) in [5, 5.41) is 3.58. The summed E-state index contributed by atoms with van der Waals surface area (Å²) < 4.78 is 0. The van der Waals surface area contributed by atoms with E-state index in [9.17, 15) is 0 Å². The third kappa shape index (κ3) is 7.05. The predicted molar refractivity (Wildman–Crippen MR) is 76.5 cm³/mol. The lowest BCUT2D eigenvalue weighted by molar-refractivity contribution is 0.172. The molecule has 2 heteroatoms. The van der Waals surface area contributed by atoms with Gasteiger partial charge in [0, 0.05) is 19.6 Å². The van der Waals surface area contributed by atoms with Crippen LogP contribution in [-0.2, 0) is 0 Å². The monoisotopic (exact) mass is 240 g/mol. The summed E-state index contributed by atoms with van der Waals surface area (Å²) in [4.78, 5) is 2.65. The van der Waals surface area contributed by atoms with Crippen molar-refractivity contribution in [3.05, 3.63) is 0 Å². The number of nitrogens with one attached hydrogen (secondary N) is 1. The molecule has 1 aliphatic heterocycles. The zero-order valence-corrected chi connectivity index (χ0v) is 12.0. The van der Waals surface area contributed by atoms with Crippen molar-refractivity contribution in [2.24, 2.45) is 5.92 Å². The van der Waals surface area contributed by atoms with E-state index in [4.69, 9.17) is 0 Å². The molecule has 0 saturated carbocycles. The molecule has 2 nitrogen and oxygen atoms in total. The zero-order valence-electron chi connectivity index (χ0n) is 12.0. The molecule has 0 aromatic carbocycles. The smallest absolute Gasteiger partial charge is 0.0107 e. The fourth-order valence-corrected chi connectivity index (χ4v) is 2.73. The summed E-state index contributed by atoms with van der Waals surface area (Å²) in [6.45, 7) is 10.9. The van der Waals surface area contributed by atoms with Crippen LogP contribution in [0.2, 0.25) is 0 Å². The average Bonchev–Trinajstić information content (AvgIpc) is 2.38. The lowest BCUT2D eigenvalue weighted by Gasteiger charge is -2.32. The van der Waals surface area contributed by atoms with Crippen LogP contribution < -0.4 is 5.32 Å². The van der Waals surface area contributed by atoms with Gasteiger partial charge in [-0.1, -0.05) is 39.5 Å². The van der Waals surface area contributed by atoms with Crippen LogP contribution >= 0.6 is 0 Å². The number of rotatable bonds is 9. The molecule has 1 aliphatic rings. The average molecular weight is 240 g/mol. The molecule has 0 radical (unpaired) electrons. The minimum Gasteiger partial charge on any atom is -0.315 e. The molecule has 0 amide bonds. The molecule has 1 saturated heterocycles. The van der Waals surface area contributed by atoms with Gasteiger partial charge in [-0.2, -0.15) is 0 Å². The van der Waals surface area contributed by atoms with Crippen molar-refractivity contribution >= 4 is 0 Å². The molecule has 1 N–H and O–H groups in total. The van der Waals surface area contributed by atoms with Crippen LogP contribution in [0.25, 0.3) is 0 Å². The first-order valence-corrected chi connectivity index (χ1v) is 7.79. The van der Waals surface area contributed by atoms with E-state index in [1.54, 1.807) is 0 Å². The number of piperidine rings is 1. The molecule has 1 unspecified atom stereocenters. The molecule has 17 heavy (non-hydrogen) atoms. The Kier molecular flexibility index (Phi) is 8.72. The molecule has 1 fully saturated rings. The number of hydrogen-bond acceptors (Lipinski definition) is 2. The summed E-state index contributed by atoms with van der Waals surface area (Å²) in [5.41, 5.74) is 0. The fraction of sp³-hybridized carbons (Fsp3) is 1.00. The normalized spacial score (nSPS) is 21.9. The summed E-state index contributed by atoms with van der Waals surface area (Å²) in [6, 6.07) is 0. The summed E-state index contributed by atoms with van der Waals surface area (Å²) in [5.74, 6) is 0.966. The number of unbranched alkanes of at least 4 members (excludes halogenated alkanes) is 3. The van der Waals surface area contributed by atoms with Gasteiger partial charge in [-0.15, -0.1) is 0 Å². The zero-order chi connectivity index (χ0) is 12.3. The summed E-state index contributed by atoms with van der Waals surface area (Å²) in [7, 11) is 0. The van der Waals surface area contributed by atoms with Crippen LogP contribution in [0.15, 0.2) is 0 Å². The Morgan fingerprint density at radius 1 is 1.12 bits per heavy atom. The Morgan fingerprint density at radius 2 is 2.00 bits per heavy atom. The van der Waals surface area contributed by atoms with Gasteiger partial charge >= 0.3 is 0 Å². The Labute approximate surface area is 108 Å². The van der Waals surface area contributed by atoms with Gasteiger partial charge in [0.15, 0.2) is 0 Å². The molecule has 102 valence electrons. The molecule has 0 aromatic heterocycles. The SMILES string of the molecule is CCCCCCNCCN1CCCC(CC)C1. The van der Waals surface area contributed by atoms with Gasteiger partial charge < -0.3 is 10.2 Å². The minimum absolute atomic E-state index is 0.966. The second-order valence-electron chi connectivity index (χ2n) is 5.53. The van der Waals surface area contributed by atoms with E-state index < -0.39 is 0 Å². The molecule has 0 bridgehead atoms. The van der Waals surface area contributed by atoms with Gasteiger partial charge in [0.1, 0.15) is 0 Å². The highest BCUT2D eigenvalue weighted by Gasteiger charge is 2.17. The van der Waals surface area contributed by atoms with Gasteiger partial charge in [0.2, 0.25) is 0 Å². The maximum absolute atomic E-state index is 3.58. The van der Waals surface area contributed by atoms with Crippen LogP contribution in [-0.4, -0.2) is 37.6 Å². The van der Waals surface area contributed by atoms with Gasteiger partial charge in [-0.25, -0.2) is 0 Å². The molecular weight excluding hydrogens is 208 g/mol. The van der Waals surface area contributed by atoms with Crippen molar-refractivity contribution in [3.63, 3.8) is 0 Å². The van der Waals surface area contributed by atoms with Crippen molar-refractivity contribution in [1.82, 2.24) is 10.2 Å². The quantitative estimate of drug-likeness (QED) is 0.622. The second-order valence-corrected chi connectivity index (χ2v) is 5.53. The number of hydrogen-bond donors (Lipinski definition) is 1. The van der Waals surface area contributed by atoms with Crippen LogP contribution in [0.4, 0.5) is 0 Å². The van der Waals surface area contributed by atoms with E-state index in [1.165, 1.54) is 77.7 Å². The highest BCUT2D eigenvalue weighted by molar-refractivity contribution is 4.72. The topological polar surface area (TPSA) is 15.3 Å². The van der Waals surface area contributed by atoms with Crippen LogP contribution in [0.5, 0.6) is 0 Å². The molecule has 1 atom stereocenters. The molecule has 0 aromatic rings. The second kappa shape index (κ2) is 9.90. The minimum atomic E-state index is 0.966. The lowest BCUT2D eigenvalue weighted by Crippen LogP contribution is -2.39. The van der Waals surface area contributed by atoms with E-state index in [0.717, 1.165) is 5.92 Å². The molecule has 0 spiro atoms. The van der Waals surface area contributed by atoms with Crippen molar-refractivity contribution in [1.29, 1.82) is 0 Å². The van der Waals surface area contributed by atoms with Gasteiger partial charge in [-0.3, -0.25) is 0 Å². The number of likely N-dealkylation sites (tertiary alicyclic amines) is 1. The van der Waals surface area contributed by atoms with Crippen LogP contribution in [0.3, 0.4) is 0 Å². The third-order valence-corrected chi connectivity index (χ3v) is 3.99. The lowest BCUT2D eigenvalue weighted by atomic mass is 9.96. The molecule has 1 rings (SSSR count). The van der Waals surface area contributed by atoms with Crippen molar-refractivity contribution < 1.29 is 0 Å². The molecule has 1 heterocycles. The van der Waals surface area contributed by atoms with E-state index >= 15 is 0 Å². The fourth-order valence-electron chi connectivity index (χ4n) is 2.73. The van der Waals surface area contributed by atoms with Crippen molar-refractivity contribution in [2.75, 3.05) is 32.7 Å². The largest absolute Gasteiger partial charge is 0.315 e. The van der Waals surface area contributed by atoms with E-state index in [-0.39, 0.29) is 0 Å². The van der Waals surface area contributed by atoms with Crippen molar-refractivity contribution in [2.45, 2.75) is 58.8 Å². The standard InChI is InChI=1S/C15H32N2/c1-3-5-6-7-10-16-11-13-17-12-8-9-15(4-2)14-17/h15-16H,3-14H2,1-2H3. The first-order chi connectivity index (χ1) is 8.36.